The van der Waals surface area contributed by atoms with Crippen LogP contribution >= 0.6 is 0 Å². The average Bonchev–Trinajstić information content (AvgIpc) is 2.87. The molecule has 0 spiro atoms. The molecule has 122 valence electrons. The van der Waals surface area contributed by atoms with Crippen LogP contribution in [0.2, 0.25) is 0 Å². The molecular weight excluding hydrogens is 308 g/mol. The van der Waals surface area contributed by atoms with Crippen molar-refractivity contribution in [3.8, 4) is 0 Å². The van der Waals surface area contributed by atoms with E-state index in [0.717, 1.165) is 11.0 Å². The highest BCUT2D eigenvalue weighted by Gasteiger charge is 2.19. The number of hydrogen-bond acceptors (Lipinski definition) is 3. The maximum atomic E-state index is 11.7. The highest BCUT2D eigenvalue weighted by Crippen LogP contribution is 2.28. The summed E-state index contributed by atoms with van der Waals surface area (Å²) in [5.41, 5.74) is 2.24. The molecule has 0 aliphatic heterocycles. The van der Waals surface area contributed by atoms with E-state index in [4.69, 9.17) is 0 Å². The Kier molecular flexibility index (Phi) is 4.92. The smallest absolute Gasteiger partial charge is 0.115 e. The normalized spacial score (nSPS) is 14.7. The molecule has 0 bridgehead atoms. The maximum absolute atomic E-state index is 11.7. The lowest BCUT2D eigenvalue weighted by molar-refractivity contribution is 0.132. The van der Waals surface area contributed by atoms with Crippen molar-refractivity contribution >= 4 is 33.2 Å². The van der Waals surface area contributed by atoms with Gasteiger partial charge in [-0.15, -0.1) is 4.31 Å². The third-order valence-electron chi connectivity index (χ3n) is 4.20. The minimum Gasteiger partial charge on any atom is -0.598 e. The third-order valence-corrected chi connectivity index (χ3v) is 5.34. The molecule has 1 heterocycles. The first-order chi connectivity index (χ1) is 11.1. The van der Waals surface area contributed by atoms with Crippen LogP contribution in [0.1, 0.15) is 6.92 Å². The van der Waals surface area contributed by atoms with E-state index < -0.39 is 17.5 Å². The molecule has 3 aromatic rings. The first-order valence-corrected chi connectivity index (χ1v) is 9.35. The third kappa shape index (κ3) is 3.23. The first kappa shape index (κ1) is 16.3. The molecular formula is C18H22N2O2S. The minimum absolute atomic E-state index is 0.403. The van der Waals surface area contributed by atoms with Gasteiger partial charge in [0.1, 0.15) is 6.26 Å². The average molecular weight is 330 g/mol. The highest BCUT2D eigenvalue weighted by molar-refractivity contribution is 7.88. The quantitative estimate of drug-likeness (QED) is 0.707. The molecule has 0 aliphatic carbocycles. The van der Waals surface area contributed by atoms with Crippen LogP contribution in [0, 0.1) is 0 Å². The number of aromatic nitrogens is 1. The molecule has 23 heavy (non-hydrogen) atoms. The summed E-state index contributed by atoms with van der Waals surface area (Å²) in [6.45, 7) is 3.50. The molecule has 0 saturated heterocycles. The summed E-state index contributed by atoms with van der Waals surface area (Å²) in [6, 6.07) is 16.5. The second kappa shape index (κ2) is 6.93. The number of rotatable bonds is 6. The topological polar surface area (TPSA) is 51.5 Å². The number of aliphatic hydroxyl groups excluding tert-OH is 1. The van der Waals surface area contributed by atoms with Crippen molar-refractivity contribution in [2.45, 2.75) is 19.6 Å². The van der Waals surface area contributed by atoms with Crippen molar-refractivity contribution in [3.63, 3.8) is 0 Å². The largest absolute Gasteiger partial charge is 0.598 e. The number of para-hydroxylation sites is 2. The Labute approximate surface area is 139 Å². The standard InChI is InChI=1S/C18H22N2O2S/c1-3-19(23(2)22)12-14(21)13-20-17-10-6-4-8-15(17)16-9-5-7-11-18(16)20/h4-11,14,21H,3,12-13H2,1-2H3. The van der Waals surface area contributed by atoms with E-state index in [0.29, 0.717) is 19.6 Å². The van der Waals surface area contributed by atoms with Crippen molar-refractivity contribution in [1.29, 1.82) is 0 Å². The SMILES string of the molecule is CCN(CC(O)Cn1c2ccccc2c2ccccc21)[S+](C)[O-]. The minimum atomic E-state index is -1.06. The second-order valence-corrected chi connectivity index (χ2v) is 7.07. The predicted molar refractivity (Wildman–Crippen MR) is 96.8 cm³/mol. The Balaban J connectivity index is 1.95. The zero-order valence-corrected chi connectivity index (χ0v) is 14.3. The van der Waals surface area contributed by atoms with Crippen molar-refractivity contribution in [1.82, 2.24) is 8.87 Å². The summed E-state index contributed by atoms with van der Waals surface area (Å²) < 4.78 is 15.6. The van der Waals surface area contributed by atoms with Crippen LogP contribution in [0.5, 0.6) is 0 Å². The Morgan fingerprint density at radius 2 is 1.61 bits per heavy atom. The lowest BCUT2D eigenvalue weighted by Gasteiger charge is -2.23. The fourth-order valence-electron chi connectivity index (χ4n) is 3.12. The molecule has 1 N–H and O–H groups in total. The van der Waals surface area contributed by atoms with Gasteiger partial charge in [-0.25, -0.2) is 0 Å². The van der Waals surface area contributed by atoms with Crippen LogP contribution in [0.4, 0.5) is 0 Å². The molecule has 3 rings (SSSR count). The van der Waals surface area contributed by atoms with Crippen LogP contribution < -0.4 is 0 Å². The first-order valence-electron chi connectivity index (χ1n) is 7.84. The van der Waals surface area contributed by atoms with Gasteiger partial charge in [-0.1, -0.05) is 36.4 Å². The Morgan fingerprint density at radius 3 is 2.09 bits per heavy atom. The van der Waals surface area contributed by atoms with E-state index in [1.807, 2.05) is 31.2 Å². The van der Waals surface area contributed by atoms with Crippen molar-refractivity contribution in [2.75, 3.05) is 19.3 Å². The fourth-order valence-corrected chi connectivity index (χ4v) is 3.87. The number of hydrogen-bond donors (Lipinski definition) is 1. The van der Waals surface area contributed by atoms with E-state index in [9.17, 15) is 9.66 Å². The van der Waals surface area contributed by atoms with Crippen LogP contribution in [0.3, 0.4) is 0 Å². The zero-order chi connectivity index (χ0) is 16.4. The zero-order valence-electron chi connectivity index (χ0n) is 13.5. The summed E-state index contributed by atoms with van der Waals surface area (Å²) in [6.07, 6.45) is 1.08. The lowest BCUT2D eigenvalue weighted by Crippen LogP contribution is -2.38. The predicted octanol–water partition coefficient (Wildman–Crippen LogP) is 2.77. The van der Waals surface area contributed by atoms with Gasteiger partial charge >= 0.3 is 0 Å². The Hall–Kier alpha value is -1.53. The summed E-state index contributed by atoms with van der Waals surface area (Å²) in [5, 5.41) is 12.9. The molecule has 2 aromatic carbocycles. The number of aliphatic hydroxyl groups is 1. The van der Waals surface area contributed by atoms with Crippen LogP contribution in [0.15, 0.2) is 48.5 Å². The molecule has 0 fully saturated rings. The second-order valence-electron chi connectivity index (χ2n) is 5.70. The van der Waals surface area contributed by atoms with Gasteiger partial charge in [0.25, 0.3) is 0 Å². The summed E-state index contributed by atoms with van der Waals surface area (Å²) in [5.74, 6) is 0. The molecule has 0 amide bonds. The number of fused-ring (bicyclic) bond motifs is 3. The van der Waals surface area contributed by atoms with Gasteiger partial charge < -0.3 is 14.2 Å². The van der Waals surface area contributed by atoms with E-state index in [1.54, 1.807) is 10.6 Å². The van der Waals surface area contributed by atoms with Crippen molar-refractivity contribution < 1.29 is 9.66 Å². The van der Waals surface area contributed by atoms with Crippen molar-refractivity contribution in [3.05, 3.63) is 48.5 Å². The van der Waals surface area contributed by atoms with E-state index >= 15 is 0 Å². The maximum Gasteiger partial charge on any atom is 0.115 e. The Morgan fingerprint density at radius 1 is 1.09 bits per heavy atom. The number of nitrogens with zero attached hydrogens (tertiary/aromatic N) is 2. The van der Waals surface area contributed by atoms with Gasteiger partial charge in [-0.05, 0) is 19.1 Å². The molecule has 2 atom stereocenters. The molecule has 4 nitrogen and oxygen atoms in total. The van der Waals surface area contributed by atoms with E-state index in [2.05, 4.69) is 28.8 Å². The Bertz CT molecular complexity index is 747. The summed E-state index contributed by atoms with van der Waals surface area (Å²) in [7, 11) is 0. The lowest BCUT2D eigenvalue weighted by atomic mass is 10.2. The van der Waals surface area contributed by atoms with Gasteiger partial charge in [0.05, 0.1) is 19.2 Å². The van der Waals surface area contributed by atoms with E-state index in [1.165, 1.54) is 10.8 Å². The molecule has 2 unspecified atom stereocenters. The van der Waals surface area contributed by atoms with Crippen LogP contribution in [0.25, 0.3) is 21.8 Å². The van der Waals surface area contributed by atoms with Gasteiger partial charge in [0.2, 0.25) is 0 Å². The number of benzene rings is 2. The summed E-state index contributed by atoms with van der Waals surface area (Å²) >= 11 is -1.06. The molecule has 1 aromatic heterocycles. The van der Waals surface area contributed by atoms with E-state index in [-0.39, 0.29) is 0 Å². The monoisotopic (exact) mass is 330 g/mol. The van der Waals surface area contributed by atoms with Crippen LogP contribution in [-0.2, 0) is 17.9 Å². The van der Waals surface area contributed by atoms with Gasteiger partial charge in [-0.3, -0.25) is 0 Å². The van der Waals surface area contributed by atoms with Crippen molar-refractivity contribution in [2.24, 2.45) is 0 Å². The molecule has 0 saturated carbocycles. The molecule has 5 heteroatoms. The fraction of sp³-hybridized carbons (Fsp3) is 0.333. The number of likely N-dealkylation sites (N-methyl/N-ethyl adjacent to an activating group) is 1. The van der Waals surface area contributed by atoms with Gasteiger partial charge in [0, 0.05) is 39.7 Å². The van der Waals surface area contributed by atoms with Gasteiger partial charge in [0.15, 0.2) is 0 Å². The highest BCUT2D eigenvalue weighted by atomic mass is 32.2. The van der Waals surface area contributed by atoms with Gasteiger partial charge in [-0.2, -0.15) is 0 Å². The summed E-state index contributed by atoms with van der Waals surface area (Å²) in [4.78, 5) is 0. The molecule has 0 radical (unpaired) electrons. The van der Waals surface area contributed by atoms with Crippen LogP contribution in [-0.4, -0.2) is 44.0 Å². The molecule has 0 aliphatic rings.